The Morgan fingerprint density at radius 2 is 2.00 bits per heavy atom. The van der Waals surface area contributed by atoms with Gasteiger partial charge in [-0.05, 0) is 58.9 Å². The van der Waals surface area contributed by atoms with Crippen molar-refractivity contribution in [2.45, 2.75) is 58.4 Å². The molecule has 0 saturated heterocycles. The minimum absolute atomic E-state index is 0.138. The van der Waals surface area contributed by atoms with Crippen LogP contribution in [0.15, 0.2) is 0 Å². The molecule has 4 heteroatoms. The summed E-state index contributed by atoms with van der Waals surface area (Å²) in [5.41, 5.74) is -0.233. The van der Waals surface area contributed by atoms with Crippen LogP contribution in [0.5, 0.6) is 0 Å². The quantitative estimate of drug-likeness (QED) is 0.712. The molecule has 1 aliphatic rings. The van der Waals surface area contributed by atoms with Gasteiger partial charge in [0.2, 0.25) is 0 Å². The van der Waals surface area contributed by atoms with E-state index in [-0.39, 0.29) is 11.3 Å². The zero-order valence-corrected chi connectivity index (χ0v) is 11.4. The number of hydrogen-bond donors (Lipinski definition) is 2. The summed E-state index contributed by atoms with van der Waals surface area (Å²) in [5.74, 6) is -0.787. The van der Waals surface area contributed by atoms with E-state index in [4.69, 9.17) is 10.4 Å². The average molecular weight is 252 g/mol. The van der Waals surface area contributed by atoms with Gasteiger partial charge in [0.05, 0.1) is 17.4 Å². The van der Waals surface area contributed by atoms with E-state index in [1.165, 1.54) is 0 Å². The molecule has 0 radical (unpaired) electrons. The summed E-state index contributed by atoms with van der Waals surface area (Å²) in [4.78, 5) is 10.8. The van der Waals surface area contributed by atoms with Gasteiger partial charge < -0.3 is 10.4 Å². The van der Waals surface area contributed by atoms with Crippen molar-refractivity contribution in [2.24, 2.45) is 11.3 Å². The van der Waals surface area contributed by atoms with E-state index in [9.17, 15) is 4.79 Å². The number of nitrogens with zero attached hydrogens (tertiary/aromatic N) is 1. The molecule has 102 valence electrons. The number of nitrogens with one attached hydrogen (secondary N) is 1. The Labute approximate surface area is 109 Å². The standard InChI is InChI=1S/C14H24N2O2/c1-14(2,10-15)8-3-9-16-12-6-4-11(5-7-12)13(17)18/h11-12,16H,3-9H2,1-2H3,(H,17,18). The zero-order chi connectivity index (χ0) is 13.6. The Morgan fingerprint density at radius 1 is 1.39 bits per heavy atom. The van der Waals surface area contributed by atoms with Gasteiger partial charge in [-0.25, -0.2) is 0 Å². The Hall–Kier alpha value is -1.08. The number of hydrogen-bond acceptors (Lipinski definition) is 3. The Bertz CT molecular complexity index is 312. The fourth-order valence-corrected chi connectivity index (χ4v) is 2.44. The third kappa shape index (κ3) is 5.05. The molecule has 0 aromatic carbocycles. The molecule has 2 N–H and O–H groups in total. The Balaban J connectivity index is 2.12. The summed E-state index contributed by atoms with van der Waals surface area (Å²) >= 11 is 0. The minimum Gasteiger partial charge on any atom is -0.481 e. The number of carbonyl (C=O) groups is 1. The van der Waals surface area contributed by atoms with Crippen LogP contribution < -0.4 is 5.32 Å². The van der Waals surface area contributed by atoms with E-state index in [1.54, 1.807) is 0 Å². The van der Waals surface area contributed by atoms with Crippen molar-refractivity contribution in [1.29, 1.82) is 5.26 Å². The van der Waals surface area contributed by atoms with E-state index in [2.05, 4.69) is 11.4 Å². The van der Waals surface area contributed by atoms with Crippen molar-refractivity contribution >= 4 is 5.97 Å². The molecule has 0 aromatic heterocycles. The molecule has 0 heterocycles. The SMILES string of the molecule is CC(C)(C#N)CCCNC1CCC(C(=O)O)CC1. The third-order valence-electron chi connectivity index (χ3n) is 3.79. The number of carboxylic acids is 1. The van der Waals surface area contributed by atoms with Crippen LogP contribution in [0, 0.1) is 22.7 Å². The fraction of sp³-hybridized carbons (Fsp3) is 0.857. The fourth-order valence-electron chi connectivity index (χ4n) is 2.44. The number of rotatable bonds is 6. The molecular weight excluding hydrogens is 228 g/mol. The van der Waals surface area contributed by atoms with E-state index in [0.717, 1.165) is 45.1 Å². The maximum atomic E-state index is 10.8. The maximum absolute atomic E-state index is 10.8. The predicted octanol–water partition coefficient (Wildman–Crippen LogP) is 2.55. The van der Waals surface area contributed by atoms with Crippen molar-refractivity contribution in [3.8, 4) is 6.07 Å². The smallest absolute Gasteiger partial charge is 0.306 e. The van der Waals surface area contributed by atoms with E-state index >= 15 is 0 Å². The highest BCUT2D eigenvalue weighted by Gasteiger charge is 2.25. The second-order valence-corrected chi connectivity index (χ2v) is 5.94. The van der Waals surface area contributed by atoms with Gasteiger partial charge in [0.1, 0.15) is 0 Å². The summed E-state index contributed by atoms with van der Waals surface area (Å²) < 4.78 is 0. The monoisotopic (exact) mass is 252 g/mol. The van der Waals surface area contributed by atoms with E-state index in [1.807, 2.05) is 13.8 Å². The lowest BCUT2D eigenvalue weighted by molar-refractivity contribution is -0.142. The molecule has 1 rings (SSSR count). The van der Waals surface area contributed by atoms with Gasteiger partial charge in [0.15, 0.2) is 0 Å². The summed E-state index contributed by atoms with van der Waals surface area (Å²) in [5, 5.41) is 21.3. The number of aliphatic carboxylic acids is 1. The molecule has 0 aromatic rings. The normalized spacial score (nSPS) is 24.5. The second kappa shape index (κ2) is 6.75. The largest absolute Gasteiger partial charge is 0.481 e. The van der Waals surface area contributed by atoms with Gasteiger partial charge in [-0.1, -0.05) is 0 Å². The lowest BCUT2D eigenvalue weighted by atomic mass is 9.86. The summed E-state index contributed by atoms with van der Waals surface area (Å²) in [6.45, 7) is 4.85. The molecule has 0 amide bonds. The van der Waals surface area contributed by atoms with Crippen molar-refractivity contribution in [3.63, 3.8) is 0 Å². The first-order valence-corrected chi connectivity index (χ1v) is 6.82. The van der Waals surface area contributed by atoms with Crippen LogP contribution in [0.1, 0.15) is 52.4 Å². The lowest BCUT2D eigenvalue weighted by Gasteiger charge is -2.27. The molecule has 1 fully saturated rings. The van der Waals surface area contributed by atoms with Crippen molar-refractivity contribution < 1.29 is 9.90 Å². The highest BCUT2D eigenvalue weighted by molar-refractivity contribution is 5.70. The highest BCUT2D eigenvalue weighted by Crippen LogP contribution is 2.25. The second-order valence-electron chi connectivity index (χ2n) is 5.94. The molecule has 4 nitrogen and oxygen atoms in total. The molecule has 0 bridgehead atoms. The average Bonchev–Trinajstić information content (AvgIpc) is 2.35. The zero-order valence-electron chi connectivity index (χ0n) is 11.4. The van der Waals surface area contributed by atoms with Crippen LogP contribution in [-0.2, 0) is 4.79 Å². The van der Waals surface area contributed by atoms with Crippen LogP contribution in [0.25, 0.3) is 0 Å². The van der Waals surface area contributed by atoms with Crippen molar-refractivity contribution in [2.75, 3.05) is 6.54 Å². The van der Waals surface area contributed by atoms with Gasteiger partial charge in [-0.3, -0.25) is 4.79 Å². The summed E-state index contributed by atoms with van der Waals surface area (Å²) in [6, 6.07) is 2.77. The van der Waals surface area contributed by atoms with Crippen LogP contribution in [0.4, 0.5) is 0 Å². The molecule has 0 atom stereocenters. The first kappa shape index (κ1) is 15.0. The van der Waals surface area contributed by atoms with Gasteiger partial charge in [0.25, 0.3) is 0 Å². The van der Waals surface area contributed by atoms with Crippen LogP contribution in [-0.4, -0.2) is 23.7 Å². The molecule has 1 aliphatic carbocycles. The van der Waals surface area contributed by atoms with Crippen molar-refractivity contribution in [1.82, 2.24) is 5.32 Å². The van der Waals surface area contributed by atoms with Gasteiger partial charge in [-0.2, -0.15) is 5.26 Å². The highest BCUT2D eigenvalue weighted by atomic mass is 16.4. The lowest BCUT2D eigenvalue weighted by Crippen LogP contribution is -2.35. The van der Waals surface area contributed by atoms with Gasteiger partial charge in [-0.15, -0.1) is 0 Å². The van der Waals surface area contributed by atoms with Gasteiger partial charge in [0, 0.05) is 6.04 Å². The number of nitriles is 1. The first-order chi connectivity index (χ1) is 8.44. The van der Waals surface area contributed by atoms with Crippen LogP contribution in [0.3, 0.4) is 0 Å². The predicted molar refractivity (Wildman–Crippen MR) is 70.0 cm³/mol. The third-order valence-corrected chi connectivity index (χ3v) is 3.79. The molecule has 0 spiro atoms. The molecule has 0 unspecified atom stereocenters. The van der Waals surface area contributed by atoms with Gasteiger partial charge >= 0.3 is 5.97 Å². The topological polar surface area (TPSA) is 73.1 Å². The van der Waals surface area contributed by atoms with Crippen LogP contribution >= 0.6 is 0 Å². The molecule has 18 heavy (non-hydrogen) atoms. The van der Waals surface area contributed by atoms with E-state index in [0.29, 0.717) is 6.04 Å². The molecule has 0 aliphatic heterocycles. The van der Waals surface area contributed by atoms with Crippen molar-refractivity contribution in [3.05, 3.63) is 0 Å². The first-order valence-electron chi connectivity index (χ1n) is 6.82. The van der Waals surface area contributed by atoms with E-state index < -0.39 is 5.97 Å². The summed E-state index contributed by atoms with van der Waals surface area (Å²) in [6.07, 6.45) is 5.39. The molecule has 1 saturated carbocycles. The minimum atomic E-state index is -0.649. The van der Waals surface area contributed by atoms with Crippen LogP contribution in [0.2, 0.25) is 0 Å². The Kier molecular flexibility index (Phi) is 5.61. The maximum Gasteiger partial charge on any atom is 0.306 e. The Morgan fingerprint density at radius 3 is 2.50 bits per heavy atom. The number of carboxylic acid groups (broad SMARTS) is 1. The summed E-state index contributed by atoms with van der Waals surface area (Å²) in [7, 11) is 0. The molecular formula is C14H24N2O2.